The van der Waals surface area contributed by atoms with Crippen LogP contribution in [0, 0.1) is 0 Å². The van der Waals surface area contributed by atoms with E-state index in [1.807, 2.05) is 0 Å². The summed E-state index contributed by atoms with van der Waals surface area (Å²) in [5, 5.41) is 8.58. The molecule has 1 heterocycles. The molecule has 4 heteroatoms. The highest BCUT2D eigenvalue weighted by atomic mass is 16.4. The molecule has 1 rings (SSSR count). The number of hydrogen-bond acceptors (Lipinski definition) is 3. The van der Waals surface area contributed by atoms with Crippen LogP contribution in [0.2, 0.25) is 0 Å². The molecule has 0 spiro atoms. The molecule has 0 radical (unpaired) electrons. The lowest BCUT2D eigenvalue weighted by Crippen LogP contribution is -2.18. The minimum atomic E-state index is -1.22. The Hall–Kier alpha value is -1.54. The maximum Gasteiger partial charge on any atom is 0.349 e. The zero-order valence-corrected chi connectivity index (χ0v) is 6.70. The number of nitrogens with zero attached hydrogens (tertiary/aromatic N) is 1. The number of rotatable bonds is 2. The van der Waals surface area contributed by atoms with Crippen molar-refractivity contribution in [2.75, 3.05) is 13.6 Å². The summed E-state index contributed by atoms with van der Waals surface area (Å²) in [5.74, 6) is 0.213. The van der Waals surface area contributed by atoms with E-state index in [9.17, 15) is 9.59 Å². The van der Waals surface area contributed by atoms with Crippen molar-refractivity contribution in [2.24, 2.45) is 0 Å². The Balaban J connectivity index is 2.95. The van der Waals surface area contributed by atoms with Gasteiger partial charge in [0.15, 0.2) is 5.57 Å². The first kappa shape index (κ1) is 8.56. The Morgan fingerprint density at radius 1 is 1.75 bits per heavy atom. The topological polar surface area (TPSA) is 57.6 Å². The van der Waals surface area contributed by atoms with Gasteiger partial charge in [0.1, 0.15) is 5.94 Å². The molecule has 0 fully saturated rings. The highest BCUT2D eigenvalue weighted by Gasteiger charge is 2.21. The van der Waals surface area contributed by atoms with Gasteiger partial charge in [-0.25, -0.2) is 9.59 Å². The van der Waals surface area contributed by atoms with Gasteiger partial charge in [-0.15, -0.1) is 0 Å². The van der Waals surface area contributed by atoms with E-state index in [4.69, 9.17) is 5.11 Å². The first-order chi connectivity index (χ1) is 5.66. The van der Waals surface area contributed by atoms with Crippen LogP contribution in [0.3, 0.4) is 0 Å². The van der Waals surface area contributed by atoms with Gasteiger partial charge in [0, 0.05) is 13.6 Å². The average Bonchev–Trinajstić information content (AvgIpc) is 2.38. The third-order valence-corrected chi connectivity index (χ3v) is 1.79. The van der Waals surface area contributed by atoms with Crippen LogP contribution in [-0.4, -0.2) is 35.5 Å². The van der Waals surface area contributed by atoms with Crippen LogP contribution in [0.25, 0.3) is 0 Å². The Bertz CT molecular complexity index is 287. The lowest BCUT2D eigenvalue weighted by molar-refractivity contribution is -0.132. The molecule has 0 aromatic carbocycles. The lowest BCUT2D eigenvalue weighted by Gasteiger charge is -2.13. The molecule has 64 valence electrons. The summed E-state index contributed by atoms with van der Waals surface area (Å²) >= 11 is 0. The van der Waals surface area contributed by atoms with Gasteiger partial charge in [-0.05, 0) is 6.42 Å². The first-order valence-corrected chi connectivity index (χ1v) is 3.57. The monoisotopic (exact) mass is 167 g/mol. The van der Waals surface area contributed by atoms with Crippen molar-refractivity contribution in [2.45, 2.75) is 6.42 Å². The van der Waals surface area contributed by atoms with Gasteiger partial charge in [0.05, 0.1) is 5.70 Å². The summed E-state index contributed by atoms with van der Waals surface area (Å²) in [6, 6.07) is 0. The van der Waals surface area contributed by atoms with Gasteiger partial charge < -0.3 is 10.0 Å². The number of likely N-dealkylation sites (N-methyl/N-ethyl adjacent to an activating group) is 1. The van der Waals surface area contributed by atoms with Crippen LogP contribution in [-0.2, 0) is 9.59 Å². The molecule has 0 saturated heterocycles. The van der Waals surface area contributed by atoms with Gasteiger partial charge in [-0.3, -0.25) is 0 Å². The molecule has 12 heavy (non-hydrogen) atoms. The quantitative estimate of drug-likeness (QED) is 0.466. The standard InChI is InChI=1S/C8H9NO3/c1-9-4-2-3-7(9)6(5-10)8(11)12/h3H,2,4H2,1H3,(H,11,12). The van der Waals surface area contributed by atoms with Crippen molar-refractivity contribution in [1.29, 1.82) is 0 Å². The van der Waals surface area contributed by atoms with Crippen LogP contribution < -0.4 is 0 Å². The fourth-order valence-corrected chi connectivity index (χ4v) is 1.17. The lowest BCUT2D eigenvalue weighted by atomic mass is 10.2. The van der Waals surface area contributed by atoms with E-state index in [1.165, 1.54) is 5.94 Å². The van der Waals surface area contributed by atoms with Gasteiger partial charge in [0.25, 0.3) is 0 Å². The zero-order valence-electron chi connectivity index (χ0n) is 6.70. The molecule has 4 nitrogen and oxygen atoms in total. The molecule has 0 saturated carbocycles. The van der Waals surface area contributed by atoms with Crippen molar-refractivity contribution in [3.63, 3.8) is 0 Å². The minimum absolute atomic E-state index is 0.282. The molecule has 1 N–H and O–H groups in total. The molecule has 0 aromatic rings. The van der Waals surface area contributed by atoms with Crippen LogP contribution in [0.4, 0.5) is 0 Å². The van der Waals surface area contributed by atoms with Crippen molar-refractivity contribution in [3.05, 3.63) is 17.3 Å². The fourth-order valence-electron chi connectivity index (χ4n) is 1.17. The van der Waals surface area contributed by atoms with Crippen molar-refractivity contribution in [1.82, 2.24) is 4.90 Å². The predicted octanol–water partition coefficient (Wildman–Crippen LogP) is 0.0484. The number of carbonyl (C=O) groups is 1. The third-order valence-electron chi connectivity index (χ3n) is 1.79. The number of carbonyl (C=O) groups excluding carboxylic acids is 1. The number of aliphatic carboxylic acids is 1. The van der Waals surface area contributed by atoms with Crippen LogP contribution >= 0.6 is 0 Å². The Morgan fingerprint density at radius 2 is 2.42 bits per heavy atom. The van der Waals surface area contributed by atoms with Gasteiger partial charge in [-0.2, -0.15) is 0 Å². The first-order valence-electron chi connectivity index (χ1n) is 3.57. The number of carboxylic acid groups (broad SMARTS) is 1. The molecule has 0 unspecified atom stereocenters. The van der Waals surface area contributed by atoms with E-state index >= 15 is 0 Å². The van der Waals surface area contributed by atoms with Gasteiger partial charge >= 0.3 is 5.97 Å². The average molecular weight is 167 g/mol. The molecule has 1 aliphatic heterocycles. The molecular formula is C8H9NO3. The number of hydrogen-bond donors (Lipinski definition) is 1. The van der Waals surface area contributed by atoms with Crippen molar-refractivity contribution >= 4 is 11.9 Å². The molecule has 0 amide bonds. The predicted molar refractivity (Wildman–Crippen MR) is 42.2 cm³/mol. The highest BCUT2D eigenvalue weighted by molar-refractivity contribution is 6.00. The second-order valence-corrected chi connectivity index (χ2v) is 2.58. The summed E-state index contributed by atoms with van der Waals surface area (Å²) in [6.07, 6.45) is 2.51. The Kier molecular flexibility index (Phi) is 2.31. The number of carboxylic acids is 1. The summed E-state index contributed by atoms with van der Waals surface area (Å²) in [4.78, 5) is 22.5. The SMILES string of the molecule is CN1CCC=C1C(=C=O)C(=O)O. The smallest absolute Gasteiger partial charge is 0.349 e. The maximum atomic E-state index is 10.5. The van der Waals surface area contributed by atoms with E-state index in [0.29, 0.717) is 5.70 Å². The van der Waals surface area contributed by atoms with Crippen LogP contribution in [0.15, 0.2) is 17.3 Å². The molecule has 0 bridgehead atoms. The maximum absolute atomic E-state index is 10.5. The summed E-state index contributed by atoms with van der Waals surface area (Å²) < 4.78 is 0. The molecular weight excluding hydrogens is 158 g/mol. The van der Waals surface area contributed by atoms with E-state index in [-0.39, 0.29) is 5.57 Å². The van der Waals surface area contributed by atoms with Gasteiger partial charge in [-0.1, -0.05) is 6.08 Å². The molecule has 0 atom stereocenters. The fraction of sp³-hybridized carbons (Fsp3) is 0.375. The van der Waals surface area contributed by atoms with Crippen molar-refractivity contribution in [3.8, 4) is 0 Å². The van der Waals surface area contributed by atoms with Crippen LogP contribution in [0.1, 0.15) is 6.42 Å². The second kappa shape index (κ2) is 3.24. The normalized spacial score (nSPS) is 15.4. The molecule has 0 aliphatic carbocycles. The van der Waals surface area contributed by atoms with Gasteiger partial charge in [0.2, 0.25) is 0 Å². The van der Waals surface area contributed by atoms with E-state index < -0.39 is 5.97 Å². The third kappa shape index (κ3) is 1.38. The highest BCUT2D eigenvalue weighted by Crippen LogP contribution is 2.18. The van der Waals surface area contributed by atoms with Crippen LogP contribution in [0.5, 0.6) is 0 Å². The van der Waals surface area contributed by atoms with E-state index in [2.05, 4.69) is 0 Å². The Labute approximate surface area is 69.8 Å². The largest absolute Gasteiger partial charge is 0.477 e. The van der Waals surface area contributed by atoms with E-state index in [1.54, 1.807) is 18.0 Å². The zero-order chi connectivity index (χ0) is 9.14. The molecule has 1 aliphatic rings. The van der Waals surface area contributed by atoms with E-state index in [0.717, 1.165) is 13.0 Å². The minimum Gasteiger partial charge on any atom is -0.477 e. The van der Waals surface area contributed by atoms with Crippen molar-refractivity contribution < 1.29 is 14.7 Å². The second-order valence-electron chi connectivity index (χ2n) is 2.58. The Morgan fingerprint density at radius 3 is 2.75 bits per heavy atom. The summed E-state index contributed by atoms with van der Waals surface area (Å²) in [6.45, 7) is 0.758. The molecule has 0 aromatic heterocycles. The summed E-state index contributed by atoms with van der Waals surface area (Å²) in [5.41, 5.74) is 0.188. The summed E-state index contributed by atoms with van der Waals surface area (Å²) in [7, 11) is 1.75.